The van der Waals surface area contributed by atoms with Crippen molar-refractivity contribution in [2.24, 2.45) is 0 Å². The van der Waals surface area contributed by atoms with Gasteiger partial charge in [-0.25, -0.2) is 15.0 Å². The second kappa shape index (κ2) is 7.04. The third-order valence-electron chi connectivity index (χ3n) is 5.02. The van der Waals surface area contributed by atoms with Crippen molar-refractivity contribution in [2.45, 2.75) is 25.2 Å². The minimum absolute atomic E-state index is 0.169. The number of methoxy groups -OCH3 is 1. The second-order valence-corrected chi connectivity index (χ2v) is 6.54. The molecule has 0 saturated carbocycles. The number of nitriles is 1. The topological polar surface area (TPSA) is 97.7 Å². The Morgan fingerprint density at radius 1 is 1.19 bits per heavy atom. The number of hydrogen-bond acceptors (Lipinski definition) is 6. The fourth-order valence-corrected chi connectivity index (χ4v) is 3.81. The summed E-state index contributed by atoms with van der Waals surface area (Å²) in [6.07, 6.45) is 6.23. The minimum atomic E-state index is 0.169. The molecule has 4 rings (SSSR count). The minimum Gasteiger partial charge on any atom is -0.467 e. The van der Waals surface area contributed by atoms with Gasteiger partial charge in [0, 0.05) is 29.4 Å². The lowest BCUT2D eigenvalue weighted by atomic mass is 9.79. The molecular formula is C21H19N5O. The van der Waals surface area contributed by atoms with E-state index in [2.05, 4.69) is 33.2 Å². The van der Waals surface area contributed by atoms with Crippen LogP contribution >= 0.6 is 0 Å². The van der Waals surface area contributed by atoms with E-state index in [1.165, 1.54) is 12.7 Å². The van der Waals surface area contributed by atoms with Crippen LogP contribution in [0.3, 0.4) is 0 Å². The van der Waals surface area contributed by atoms with E-state index in [0.29, 0.717) is 5.56 Å². The fourth-order valence-electron chi connectivity index (χ4n) is 3.81. The predicted molar refractivity (Wildman–Crippen MR) is 102 cm³/mol. The third kappa shape index (κ3) is 2.97. The smallest absolute Gasteiger partial charge is 0.316 e. The quantitative estimate of drug-likeness (QED) is 0.771. The molecule has 0 unspecified atom stereocenters. The largest absolute Gasteiger partial charge is 0.467 e. The molecule has 0 fully saturated rings. The zero-order chi connectivity index (χ0) is 18.8. The highest BCUT2D eigenvalue weighted by Gasteiger charge is 2.29. The molecule has 134 valence electrons. The van der Waals surface area contributed by atoms with E-state index in [0.717, 1.165) is 41.6 Å². The van der Waals surface area contributed by atoms with Gasteiger partial charge in [0.1, 0.15) is 17.5 Å². The number of pyridine rings is 1. The van der Waals surface area contributed by atoms with E-state index >= 15 is 0 Å². The summed E-state index contributed by atoms with van der Waals surface area (Å²) in [6, 6.07) is 12.8. The molecule has 1 aliphatic carbocycles. The summed E-state index contributed by atoms with van der Waals surface area (Å²) in [5.41, 5.74) is 11.4. The number of nitrogens with two attached hydrogens (primary N) is 1. The number of benzene rings is 1. The highest BCUT2D eigenvalue weighted by atomic mass is 16.5. The molecule has 0 amide bonds. The van der Waals surface area contributed by atoms with Gasteiger partial charge in [-0.3, -0.25) is 0 Å². The number of nitrogens with zero attached hydrogens (tertiary/aromatic N) is 4. The van der Waals surface area contributed by atoms with Crippen LogP contribution < -0.4 is 10.5 Å². The highest BCUT2D eigenvalue weighted by Crippen LogP contribution is 2.42. The average Bonchev–Trinajstić information content (AvgIpc) is 2.73. The Morgan fingerprint density at radius 3 is 2.59 bits per heavy atom. The Hall–Kier alpha value is -3.46. The molecule has 0 aliphatic heterocycles. The van der Waals surface area contributed by atoms with Gasteiger partial charge in [-0.15, -0.1) is 0 Å². The van der Waals surface area contributed by atoms with Crippen molar-refractivity contribution in [3.8, 4) is 23.2 Å². The van der Waals surface area contributed by atoms with Crippen molar-refractivity contribution in [3.05, 3.63) is 65.1 Å². The van der Waals surface area contributed by atoms with Crippen molar-refractivity contribution < 1.29 is 4.74 Å². The Morgan fingerprint density at radius 2 is 1.93 bits per heavy atom. The summed E-state index contributed by atoms with van der Waals surface area (Å²) in [4.78, 5) is 13.1. The molecule has 2 N–H and O–H groups in total. The van der Waals surface area contributed by atoms with Gasteiger partial charge in [-0.05, 0) is 30.4 Å². The lowest BCUT2D eigenvalue weighted by molar-refractivity contribution is 0.380. The molecule has 6 heteroatoms. The van der Waals surface area contributed by atoms with E-state index in [-0.39, 0.29) is 17.7 Å². The molecule has 1 aliphatic rings. The molecule has 2 aromatic heterocycles. The van der Waals surface area contributed by atoms with Crippen LogP contribution in [0.5, 0.6) is 6.01 Å². The first-order valence-corrected chi connectivity index (χ1v) is 8.86. The average molecular weight is 357 g/mol. The Kier molecular flexibility index (Phi) is 4.43. The van der Waals surface area contributed by atoms with Crippen LogP contribution in [0.1, 0.15) is 41.1 Å². The van der Waals surface area contributed by atoms with E-state index < -0.39 is 0 Å². The monoisotopic (exact) mass is 357 g/mol. The lowest BCUT2D eigenvalue weighted by Gasteiger charge is -2.28. The second-order valence-electron chi connectivity index (χ2n) is 6.54. The van der Waals surface area contributed by atoms with Crippen molar-refractivity contribution in [2.75, 3.05) is 12.8 Å². The van der Waals surface area contributed by atoms with Crippen LogP contribution in [0.2, 0.25) is 0 Å². The van der Waals surface area contributed by atoms with Gasteiger partial charge in [0.05, 0.1) is 12.8 Å². The van der Waals surface area contributed by atoms with Crippen LogP contribution in [-0.4, -0.2) is 22.1 Å². The van der Waals surface area contributed by atoms with Crippen LogP contribution in [0.25, 0.3) is 11.1 Å². The molecule has 0 saturated heterocycles. The van der Waals surface area contributed by atoms with E-state index in [1.807, 2.05) is 18.2 Å². The first kappa shape index (κ1) is 17.0. The van der Waals surface area contributed by atoms with Gasteiger partial charge in [-0.2, -0.15) is 5.26 Å². The first-order valence-electron chi connectivity index (χ1n) is 8.86. The van der Waals surface area contributed by atoms with Crippen molar-refractivity contribution in [1.82, 2.24) is 15.0 Å². The molecule has 0 radical (unpaired) electrons. The van der Waals surface area contributed by atoms with Crippen LogP contribution in [0.15, 0.2) is 42.7 Å². The van der Waals surface area contributed by atoms with Crippen LogP contribution in [0, 0.1) is 11.3 Å². The van der Waals surface area contributed by atoms with Gasteiger partial charge >= 0.3 is 6.01 Å². The maximum Gasteiger partial charge on any atom is 0.316 e. The number of fused-ring (bicyclic) bond motifs is 1. The molecule has 2 heterocycles. The summed E-state index contributed by atoms with van der Waals surface area (Å²) in [7, 11) is 1.52. The van der Waals surface area contributed by atoms with Crippen molar-refractivity contribution in [1.29, 1.82) is 5.26 Å². The number of ether oxygens (including phenoxy) is 1. The van der Waals surface area contributed by atoms with Crippen LogP contribution in [-0.2, 0) is 6.42 Å². The molecule has 1 aromatic carbocycles. The van der Waals surface area contributed by atoms with Crippen molar-refractivity contribution in [3.63, 3.8) is 0 Å². The van der Waals surface area contributed by atoms with Gasteiger partial charge in [0.15, 0.2) is 0 Å². The highest BCUT2D eigenvalue weighted by molar-refractivity contribution is 5.79. The Balaban J connectivity index is 1.93. The molecule has 1 atom stereocenters. The summed E-state index contributed by atoms with van der Waals surface area (Å²) < 4.78 is 5.05. The molecule has 6 nitrogen and oxygen atoms in total. The summed E-state index contributed by atoms with van der Waals surface area (Å²) in [6.45, 7) is 0. The number of hydrogen-bond donors (Lipinski definition) is 1. The first-order chi connectivity index (χ1) is 13.2. The summed E-state index contributed by atoms with van der Waals surface area (Å²) in [5.74, 6) is 0.424. The number of anilines is 1. The Bertz CT molecular complexity index is 1010. The van der Waals surface area contributed by atoms with Crippen molar-refractivity contribution >= 4 is 5.82 Å². The molecule has 0 bridgehead atoms. The maximum atomic E-state index is 9.71. The van der Waals surface area contributed by atoms with E-state index in [1.54, 1.807) is 12.4 Å². The van der Waals surface area contributed by atoms with Crippen LogP contribution in [0.4, 0.5) is 5.82 Å². The van der Waals surface area contributed by atoms with E-state index in [4.69, 9.17) is 10.5 Å². The molecule has 3 aromatic rings. The molecular weight excluding hydrogens is 338 g/mol. The fraction of sp³-hybridized carbons (Fsp3) is 0.238. The molecule has 27 heavy (non-hydrogen) atoms. The SMILES string of the molecule is COc1ncc(-c2c(C#N)c(N)nc3c2CCC[C@@H]3c2ccccc2)cn1. The number of nitrogen functional groups attached to an aromatic ring is 1. The third-order valence-corrected chi connectivity index (χ3v) is 5.02. The molecule has 0 spiro atoms. The zero-order valence-corrected chi connectivity index (χ0v) is 15.0. The predicted octanol–water partition coefficient (Wildman–Crippen LogP) is 3.47. The Labute approximate surface area is 157 Å². The standard InChI is InChI=1S/C21H19N5O/c1-27-21-24-11-14(12-25-21)18-16-9-5-8-15(13-6-3-2-4-7-13)19(16)26-20(23)17(18)10-22/h2-4,6-7,11-12,15H,5,8-9H2,1H3,(H2,23,26)/t15-/m1/s1. The van der Waals surface area contributed by atoms with E-state index in [9.17, 15) is 5.26 Å². The number of rotatable bonds is 3. The van der Waals surface area contributed by atoms with Gasteiger partial charge < -0.3 is 10.5 Å². The number of aromatic nitrogens is 3. The van der Waals surface area contributed by atoms with Gasteiger partial charge in [-0.1, -0.05) is 30.3 Å². The lowest BCUT2D eigenvalue weighted by Crippen LogP contribution is -2.17. The summed E-state index contributed by atoms with van der Waals surface area (Å²) in [5, 5.41) is 9.71. The zero-order valence-electron chi connectivity index (χ0n) is 15.0. The van der Waals surface area contributed by atoms with Gasteiger partial charge in [0.25, 0.3) is 0 Å². The summed E-state index contributed by atoms with van der Waals surface area (Å²) >= 11 is 0. The normalized spacial score (nSPS) is 15.6. The maximum absolute atomic E-state index is 9.71. The van der Waals surface area contributed by atoms with Gasteiger partial charge in [0.2, 0.25) is 0 Å².